The summed E-state index contributed by atoms with van der Waals surface area (Å²) >= 11 is 0. The minimum absolute atomic E-state index is 0.0755. The highest BCUT2D eigenvalue weighted by atomic mass is 16.5. The Kier molecular flexibility index (Phi) is 5.14. The molecule has 0 aliphatic heterocycles. The Bertz CT molecular complexity index is 855. The fraction of sp³-hybridized carbons (Fsp3) is 0.200. The minimum atomic E-state index is -0.336. The first-order chi connectivity index (χ1) is 12.2. The third-order valence-corrected chi connectivity index (χ3v) is 3.76. The Labute approximate surface area is 146 Å². The maximum Gasteiger partial charge on any atom is 0.312 e. The summed E-state index contributed by atoms with van der Waals surface area (Å²) in [6, 6.07) is 17.0. The molecule has 3 rings (SSSR count). The molecular weight excluding hydrogens is 318 g/mol. The van der Waals surface area contributed by atoms with Gasteiger partial charge in [-0.15, -0.1) is 0 Å². The Balaban J connectivity index is 1.66. The van der Waals surface area contributed by atoms with E-state index in [1.54, 1.807) is 14.0 Å². The number of benzene rings is 2. The van der Waals surface area contributed by atoms with Crippen molar-refractivity contribution in [1.82, 2.24) is 4.98 Å². The van der Waals surface area contributed by atoms with Gasteiger partial charge in [-0.3, -0.25) is 4.79 Å². The van der Waals surface area contributed by atoms with E-state index in [4.69, 9.17) is 13.9 Å². The summed E-state index contributed by atoms with van der Waals surface area (Å²) in [5.74, 6) is 1.45. The maximum atomic E-state index is 12.1. The average molecular weight is 337 g/mol. The van der Waals surface area contributed by atoms with Gasteiger partial charge in [0.25, 0.3) is 0 Å². The van der Waals surface area contributed by atoms with Crippen LogP contribution in [0.15, 0.2) is 59.0 Å². The number of ether oxygens (including phenoxy) is 2. The molecule has 3 aromatic rings. The first-order valence-electron chi connectivity index (χ1n) is 7.96. The van der Waals surface area contributed by atoms with Crippen LogP contribution < -0.4 is 4.74 Å². The van der Waals surface area contributed by atoms with Crippen molar-refractivity contribution in [1.29, 1.82) is 0 Å². The van der Waals surface area contributed by atoms with Crippen molar-refractivity contribution in [3.63, 3.8) is 0 Å². The molecule has 1 heterocycles. The average Bonchev–Trinajstić information content (AvgIpc) is 3.01. The molecule has 0 spiro atoms. The van der Waals surface area contributed by atoms with Gasteiger partial charge in [-0.1, -0.05) is 36.4 Å². The molecule has 0 radical (unpaired) electrons. The fourth-order valence-electron chi connectivity index (χ4n) is 2.40. The van der Waals surface area contributed by atoms with E-state index in [0.29, 0.717) is 17.3 Å². The summed E-state index contributed by atoms with van der Waals surface area (Å²) < 4.78 is 16.2. The second-order valence-corrected chi connectivity index (χ2v) is 5.58. The van der Waals surface area contributed by atoms with Gasteiger partial charge in [0.15, 0.2) is 0 Å². The molecule has 0 aliphatic carbocycles. The van der Waals surface area contributed by atoms with E-state index in [-0.39, 0.29) is 19.0 Å². The predicted molar refractivity (Wildman–Crippen MR) is 93.2 cm³/mol. The first-order valence-corrected chi connectivity index (χ1v) is 7.96. The quantitative estimate of drug-likeness (QED) is 0.638. The summed E-state index contributed by atoms with van der Waals surface area (Å²) in [6.45, 7) is 2.04. The summed E-state index contributed by atoms with van der Waals surface area (Å²) in [6.07, 6.45) is 0.0755. The van der Waals surface area contributed by atoms with Gasteiger partial charge in [0.2, 0.25) is 5.89 Å². The van der Waals surface area contributed by atoms with Crippen molar-refractivity contribution in [2.24, 2.45) is 0 Å². The summed E-state index contributed by atoms with van der Waals surface area (Å²) in [7, 11) is 1.61. The lowest BCUT2D eigenvalue weighted by Crippen LogP contribution is -2.09. The van der Waals surface area contributed by atoms with Crippen molar-refractivity contribution in [2.75, 3.05) is 7.11 Å². The van der Waals surface area contributed by atoms with Crippen LogP contribution in [0.5, 0.6) is 5.75 Å². The molecule has 0 bridgehead atoms. The Morgan fingerprint density at radius 2 is 1.92 bits per heavy atom. The van der Waals surface area contributed by atoms with Crippen molar-refractivity contribution >= 4 is 5.97 Å². The number of carbonyl (C=O) groups excluding carboxylic acids is 1. The second kappa shape index (κ2) is 7.66. The standard InChI is InChI=1S/C20H19NO4/c1-14-18(12-19(22)24-13-15-7-4-3-5-8-15)21-20(25-14)16-9-6-10-17(11-16)23-2/h3-11H,12-13H2,1-2H3. The Morgan fingerprint density at radius 3 is 2.68 bits per heavy atom. The number of nitrogens with zero attached hydrogens (tertiary/aromatic N) is 1. The number of aromatic nitrogens is 1. The van der Waals surface area contributed by atoms with Gasteiger partial charge in [-0.2, -0.15) is 0 Å². The fourth-order valence-corrected chi connectivity index (χ4v) is 2.40. The topological polar surface area (TPSA) is 61.6 Å². The van der Waals surface area contributed by atoms with Crippen molar-refractivity contribution < 1.29 is 18.7 Å². The van der Waals surface area contributed by atoms with Gasteiger partial charge in [0.05, 0.1) is 19.2 Å². The molecule has 0 fully saturated rings. The number of aryl methyl sites for hydroxylation is 1. The molecule has 0 N–H and O–H groups in total. The molecular formula is C20H19NO4. The van der Waals surface area contributed by atoms with E-state index in [9.17, 15) is 4.79 Å². The van der Waals surface area contributed by atoms with Crippen LogP contribution in [0.2, 0.25) is 0 Å². The van der Waals surface area contributed by atoms with E-state index in [1.807, 2.05) is 54.6 Å². The molecule has 5 heteroatoms. The van der Waals surface area contributed by atoms with Crippen LogP contribution in [-0.2, 0) is 22.6 Å². The monoisotopic (exact) mass is 337 g/mol. The molecule has 0 atom stereocenters. The molecule has 25 heavy (non-hydrogen) atoms. The Hall–Kier alpha value is -3.08. The van der Waals surface area contributed by atoms with E-state index in [1.165, 1.54) is 0 Å². The molecule has 0 unspecified atom stereocenters. The minimum Gasteiger partial charge on any atom is -0.497 e. The third kappa shape index (κ3) is 4.26. The molecule has 1 aromatic heterocycles. The highest BCUT2D eigenvalue weighted by Crippen LogP contribution is 2.25. The molecule has 0 amide bonds. The molecule has 0 saturated carbocycles. The lowest BCUT2D eigenvalue weighted by molar-refractivity contribution is -0.144. The van der Waals surface area contributed by atoms with Crippen LogP contribution in [0, 0.1) is 6.92 Å². The highest BCUT2D eigenvalue weighted by molar-refractivity contribution is 5.72. The third-order valence-electron chi connectivity index (χ3n) is 3.76. The van der Waals surface area contributed by atoms with Crippen LogP contribution in [0.1, 0.15) is 17.0 Å². The lowest BCUT2D eigenvalue weighted by atomic mass is 10.2. The van der Waals surface area contributed by atoms with Crippen LogP contribution in [0.3, 0.4) is 0 Å². The van der Waals surface area contributed by atoms with Gasteiger partial charge in [0.1, 0.15) is 18.1 Å². The summed E-state index contributed by atoms with van der Waals surface area (Å²) in [4.78, 5) is 16.5. The maximum absolute atomic E-state index is 12.1. The van der Waals surface area contributed by atoms with E-state index in [0.717, 1.165) is 16.9 Å². The largest absolute Gasteiger partial charge is 0.497 e. The van der Waals surface area contributed by atoms with Crippen LogP contribution in [0.25, 0.3) is 11.5 Å². The van der Waals surface area contributed by atoms with E-state index >= 15 is 0 Å². The van der Waals surface area contributed by atoms with Gasteiger partial charge >= 0.3 is 5.97 Å². The smallest absolute Gasteiger partial charge is 0.312 e. The van der Waals surface area contributed by atoms with E-state index in [2.05, 4.69) is 4.98 Å². The van der Waals surface area contributed by atoms with Crippen LogP contribution in [0.4, 0.5) is 0 Å². The number of rotatable bonds is 6. The zero-order chi connectivity index (χ0) is 17.6. The highest BCUT2D eigenvalue weighted by Gasteiger charge is 2.16. The number of esters is 1. The number of oxazole rings is 1. The predicted octanol–water partition coefficient (Wildman–Crippen LogP) is 3.94. The molecule has 128 valence electrons. The zero-order valence-electron chi connectivity index (χ0n) is 14.2. The Morgan fingerprint density at radius 1 is 1.12 bits per heavy atom. The number of carbonyl (C=O) groups is 1. The number of hydrogen-bond donors (Lipinski definition) is 0. The molecule has 2 aromatic carbocycles. The SMILES string of the molecule is COc1cccc(-c2nc(CC(=O)OCc3ccccc3)c(C)o2)c1. The van der Waals surface area contributed by atoms with Gasteiger partial charge in [0, 0.05) is 5.56 Å². The first kappa shape index (κ1) is 16.8. The van der Waals surface area contributed by atoms with Crippen molar-refractivity contribution in [3.8, 4) is 17.2 Å². The van der Waals surface area contributed by atoms with Crippen LogP contribution >= 0.6 is 0 Å². The van der Waals surface area contributed by atoms with Gasteiger partial charge in [-0.05, 0) is 30.7 Å². The molecule has 5 nitrogen and oxygen atoms in total. The zero-order valence-corrected chi connectivity index (χ0v) is 14.2. The summed E-state index contributed by atoms with van der Waals surface area (Å²) in [5.41, 5.74) is 2.33. The van der Waals surface area contributed by atoms with Crippen molar-refractivity contribution in [2.45, 2.75) is 20.0 Å². The second-order valence-electron chi connectivity index (χ2n) is 5.58. The summed E-state index contributed by atoms with van der Waals surface area (Å²) in [5, 5.41) is 0. The van der Waals surface area contributed by atoms with Gasteiger partial charge in [-0.25, -0.2) is 4.98 Å². The molecule has 0 saturated heterocycles. The van der Waals surface area contributed by atoms with Gasteiger partial charge < -0.3 is 13.9 Å². The lowest BCUT2D eigenvalue weighted by Gasteiger charge is -2.03. The van der Waals surface area contributed by atoms with Crippen LogP contribution in [-0.4, -0.2) is 18.1 Å². The molecule has 0 aliphatic rings. The normalized spacial score (nSPS) is 10.5. The van der Waals surface area contributed by atoms with Crippen molar-refractivity contribution in [3.05, 3.63) is 71.6 Å². The van der Waals surface area contributed by atoms with E-state index < -0.39 is 0 Å². The number of methoxy groups -OCH3 is 1. The number of hydrogen-bond acceptors (Lipinski definition) is 5.